The van der Waals surface area contributed by atoms with Crippen molar-refractivity contribution in [2.24, 2.45) is 0 Å². The molecule has 0 bridgehead atoms. The molecule has 0 amide bonds. The number of carbonyl (C=O) groups excluding carboxylic acids is 3. The Hall–Kier alpha value is -1.85. The van der Waals surface area contributed by atoms with Crippen LogP contribution < -0.4 is 0 Å². The van der Waals surface area contributed by atoms with E-state index in [1.807, 2.05) is 0 Å². The molecule has 0 aromatic carbocycles. The molecule has 0 heterocycles. The van der Waals surface area contributed by atoms with Gasteiger partial charge in [0.2, 0.25) is 0 Å². The fourth-order valence-corrected chi connectivity index (χ4v) is 8.32. The minimum atomic E-state index is -0.765. The monoisotopic (exact) mass is 875 g/mol. The van der Waals surface area contributed by atoms with Crippen LogP contribution in [0.25, 0.3) is 0 Å². The molecule has 0 fully saturated rings. The molecule has 0 aliphatic rings. The molecule has 1 atom stereocenters. The molecule has 0 aromatic heterocycles. The van der Waals surface area contributed by atoms with Gasteiger partial charge in [0, 0.05) is 19.3 Å². The first-order valence-corrected chi connectivity index (χ1v) is 27.7. The Bertz CT molecular complexity index is 962. The molecule has 6 heteroatoms. The van der Waals surface area contributed by atoms with E-state index < -0.39 is 6.10 Å². The van der Waals surface area contributed by atoms with Crippen molar-refractivity contribution in [2.45, 2.75) is 316 Å². The van der Waals surface area contributed by atoms with Gasteiger partial charge in [-0.25, -0.2) is 0 Å². The highest BCUT2D eigenvalue weighted by atomic mass is 16.6. The summed E-state index contributed by atoms with van der Waals surface area (Å²) in [5, 5.41) is 0. The van der Waals surface area contributed by atoms with Crippen LogP contribution in [-0.2, 0) is 28.6 Å². The van der Waals surface area contributed by atoms with Crippen molar-refractivity contribution in [3.05, 3.63) is 12.2 Å². The van der Waals surface area contributed by atoms with Crippen molar-refractivity contribution < 1.29 is 28.6 Å². The molecule has 366 valence electrons. The van der Waals surface area contributed by atoms with Crippen LogP contribution in [0, 0.1) is 0 Å². The van der Waals surface area contributed by atoms with Gasteiger partial charge in [-0.3, -0.25) is 14.4 Å². The number of rotatable bonds is 51. The Balaban J connectivity index is 4.28. The van der Waals surface area contributed by atoms with E-state index in [2.05, 4.69) is 32.9 Å². The van der Waals surface area contributed by atoms with Crippen LogP contribution in [0.15, 0.2) is 12.2 Å². The van der Waals surface area contributed by atoms with Crippen molar-refractivity contribution in [3.8, 4) is 0 Å². The second-order valence-corrected chi connectivity index (χ2v) is 18.9. The molecule has 0 saturated heterocycles. The summed E-state index contributed by atoms with van der Waals surface area (Å²) in [6.07, 6.45) is 57.7. The van der Waals surface area contributed by atoms with Crippen molar-refractivity contribution in [1.82, 2.24) is 0 Å². The molecule has 0 aliphatic heterocycles. The van der Waals surface area contributed by atoms with E-state index >= 15 is 0 Å². The molecular weight excluding hydrogens is 769 g/mol. The average Bonchev–Trinajstić information content (AvgIpc) is 3.27. The number of hydrogen-bond acceptors (Lipinski definition) is 6. The van der Waals surface area contributed by atoms with Crippen molar-refractivity contribution in [3.63, 3.8) is 0 Å². The molecule has 0 N–H and O–H groups in total. The molecule has 0 rings (SSSR count). The van der Waals surface area contributed by atoms with Crippen LogP contribution in [0.2, 0.25) is 0 Å². The largest absolute Gasteiger partial charge is 0.462 e. The third-order valence-corrected chi connectivity index (χ3v) is 12.5. The summed E-state index contributed by atoms with van der Waals surface area (Å²) in [5.74, 6) is -0.850. The van der Waals surface area contributed by atoms with E-state index in [1.165, 1.54) is 212 Å². The Morgan fingerprint density at radius 2 is 0.532 bits per heavy atom. The predicted octanol–water partition coefficient (Wildman–Crippen LogP) is 18.2. The van der Waals surface area contributed by atoms with Gasteiger partial charge >= 0.3 is 17.9 Å². The minimum Gasteiger partial charge on any atom is -0.462 e. The first-order valence-electron chi connectivity index (χ1n) is 27.7. The van der Waals surface area contributed by atoms with Crippen molar-refractivity contribution >= 4 is 17.9 Å². The standard InChI is InChI=1S/C56H106O6/c1-4-7-10-13-16-19-22-25-26-27-28-29-30-32-34-37-40-43-46-49-55(58)61-52-53(51-60-54(57)48-45-42-39-36-33-24-21-18-15-12-9-6-3)62-56(59)50-47-44-41-38-35-31-23-20-17-14-11-8-5-2/h27-28,53H,4-26,29-52H2,1-3H3/b28-27-/t53-/m1/s1. The van der Waals surface area contributed by atoms with E-state index in [0.717, 1.165) is 57.8 Å². The molecule has 0 aliphatic carbocycles. The van der Waals surface area contributed by atoms with Crippen LogP contribution >= 0.6 is 0 Å². The van der Waals surface area contributed by atoms with Crippen LogP contribution in [0.1, 0.15) is 310 Å². The average molecular weight is 875 g/mol. The van der Waals surface area contributed by atoms with Gasteiger partial charge in [-0.05, 0) is 44.9 Å². The summed E-state index contributed by atoms with van der Waals surface area (Å²) in [5.41, 5.74) is 0. The Morgan fingerprint density at radius 1 is 0.306 bits per heavy atom. The van der Waals surface area contributed by atoms with Gasteiger partial charge in [0.15, 0.2) is 6.10 Å². The molecular formula is C56H106O6. The van der Waals surface area contributed by atoms with Crippen LogP contribution in [0.3, 0.4) is 0 Å². The number of unbranched alkanes of at least 4 members (excludes halogenated alkanes) is 38. The maximum Gasteiger partial charge on any atom is 0.306 e. The number of esters is 3. The zero-order valence-corrected chi connectivity index (χ0v) is 41.9. The highest BCUT2D eigenvalue weighted by Gasteiger charge is 2.19. The molecule has 0 aromatic rings. The smallest absolute Gasteiger partial charge is 0.306 e. The summed E-state index contributed by atoms with van der Waals surface area (Å²) < 4.78 is 16.8. The van der Waals surface area contributed by atoms with Crippen molar-refractivity contribution in [1.29, 1.82) is 0 Å². The summed E-state index contributed by atoms with van der Waals surface area (Å²) in [6.45, 7) is 6.67. The van der Waals surface area contributed by atoms with Gasteiger partial charge in [-0.15, -0.1) is 0 Å². The van der Waals surface area contributed by atoms with E-state index in [-0.39, 0.29) is 31.1 Å². The normalized spacial score (nSPS) is 12.0. The summed E-state index contributed by atoms with van der Waals surface area (Å²) >= 11 is 0. The zero-order chi connectivity index (χ0) is 45.1. The molecule has 0 radical (unpaired) electrons. The fourth-order valence-electron chi connectivity index (χ4n) is 8.32. The number of carbonyl (C=O) groups is 3. The van der Waals surface area contributed by atoms with E-state index in [1.54, 1.807) is 0 Å². The first kappa shape index (κ1) is 60.2. The van der Waals surface area contributed by atoms with E-state index in [0.29, 0.717) is 19.3 Å². The lowest BCUT2D eigenvalue weighted by molar-refractivity contribution is -0.167. The first-order chi connectivity index (χ1) is 30.5. The summed E-state index contributed by atoms with van der Waals surface area (Å²) in [7, 11) is 0. The molecule has 6 nitrogen and oxygen atoms in total. The highest BCUT2D eigenvalue weighted by molar-refractivity contribution is 5.71. The van der Waals surface area contributed by atoms with Gasteiger partial charge in [-0.2, -0.15) is 0 Å². The zero-order valence-electron chi connectivity index (χ0n) is 41.9. The molecule has 0 unspecified atom stereocenters. The second-order valence-electron chi connectivity index (χ2n) is 18.9. The Kier molecular flexibility index (Phi) is 50.2. The minimum absolute atomic E-state index is 0.0657. The van der Waals surface area contributed by atoms with Gasteiger partial charge in [0.1, 0.15) is 13.2 Å². The Labute approximate surface area is 386 Å². The van der Waals surface area contributed by atoms with Crippen LogP contribution in [0.5, 0.6) is 0 Å². The molecule has 62 heavy (non-hydrogen) atoms. The summed E-state index contributed by atoms with van der Waals surface area (Å²) in [6, 6.07) is 0. The van der Waals surface area contributed by atoms with Crippen LogP contribution in [-0.4, -0.2) is 37.2 Å². The number of ether oxygens (including phenoxy) is 3. The maximum atomic E-state index is 12.8. The lowest BCUT2D eigenvalue weighted by Crippen LogP contribution is -2.30. The quantitative estimate of drug-likeness (QED) is 0.0262. The third kappa shape index (κ3) is 49.2. The molecule has 0 spiro atoms. The fraction of sp³-hybridized carbons (Fsp3) is 0.911. The van der Waals surface area contributed by atoms with Gasteiger partial charge in [0.05, 0.1) is 0 Å². The number of allylic oxidation sites excluding steroid dienone is 2. The summed E-state index contributed by atoms with van der Waals surface area (Å²) in [4.78, 5) is 38.0. The predicted molar refractivity (Wildman–Crippen MR) is 266 cm³/mol. The van der Waals surface area contributed by atoms with Gasteiger partial charge < -0.3 is 14.2 Å². The van der Waals surface area contributed by atoms with Crippen LogP contribution in [0.4, 0.5) is 0 Å². The molecule has 0 saturated carbocycles. The number of hydrogen-bond donors (Lipinski definition) is 0. The maximum absolute atomic E-state index is 12.8. The van der Waals surface area contributed by atoms with Gasteiger partial charge in [-0.1, -0.05) is 258 Å². The SMILES string of the molecule is CCCCCCCCCC/C=C\CCCCCCCCCC(=O)OC[C@@H](COC(=O)CCCCCCCCCCCCCC)OC(=O)CCCCCCCCCCCCCCC. The topological polar surface area (TPSA) is 78.9 Å². The Morgan fingerprint density at radius 3 is 0.806 bits per heavy atom. The van der Waals surface area contributed by atoms with Crippen molar-refractivity contribution in [2.75, 3.05) is 13.2 Å². The van der Waals surface area contributed by atoms with Gasteiger partial charge in [0.25, 0.3) is 0 Å². The highest BCUT2D eigenvalue weighted by Crippen LogP contribution is 2.16. The van der Waals surface area contributed by atoms with E-state index in [9.17, 15) is 14.4 Å². The second kappa shape index (κ2) is 51.8. The third-order valence-electron chi connectivity index (χ3n) is 12.5. The van der Waals surface area contributed by atoms with E-state index in [4.69, 9.17) is 14.2 Å². The lowest BCUT2D eigenvalue weighted by Gasteiger charge is -2.18. The lowest BCUT2D eigenvalue weighted by atomic mass is 10.0.